The first-order valence-corrected chi connectivity index (χ1v) is 7.70. The third-order valence-corrected chi connectivity index (χ3v) is 5.73. The van der Waals surface area contributed by atoms with E-state index in [9.17, 15) is 0 Å². The molecule has 0 radical (unpaired) electrons. The van der Waals surface area contributed by atoms with E-state index in [0.29, 0.717) is 10.8 Å². The fourth-order valence-corrected chi connectivity index (χ4v) is 3.80. The van der Waals surface area contributed by atoms with Gasteiger partial charge in [-0.05, 0) is 31.9 Å². The minimum absolute atomic E-state index is 0.257. The molecule has 16 heavy (non-hydrogen) atoms. The van der Waals surface area contributed by atoms with Gasteiger partial charge in [0.2, 0.25) is 0 Å². The molecule has 0 amide bonds. The highest BCUT2D eigenvalue weighted by Gasteiger charge is 2.37. The SMILES string of the molecule is CSC1(CNC2CCCCC2C#N)CCC1. The summed E-state index contributed by atoms with van der Waals surface area (Å²) in [7, 11) is 0. The van der Waals surface area contributed by atoms with Crippen molar-refractivity contribution >= 4 is 11.8 Å². The second-order valence-corrected chi connectivity index (χ2v) is 6.52. The van der Waals surface area contributed by atoms with Gasteiger partial charge in [-0.1, -0.05) is 19.3 Å². The zero-order chi connectivity index (χ0) is 11.4. The summed E-state index contributed by atoms with van der Waals surface area (Å²) in [5.74, 6) is 0.257. The number of hydrogen-bond donors (Lipinski definition) is 1. The van der Waals surface area contributed by atoms with E-state index in [4.69, 9.17) is 5.26 Å². The van der Waals surface area contributed by atoms with Gasteiger partial charge in [-0.2, -0.15) is 17.0 Å². The summed E-state index contributed by atoms with van der Waals surface area (Å²) < 4.78 is 0.497. The highest BCUT2D eigenvalue weighted by molar-refractivity contribution is 8.00. The van der Waals surface area contributed by atoms with E-state index < -0.39 is 0 Å². The van der Waals surface area contributed by atoms with Gasteiger partial charge in [-0.15, -0.1) is 0 Å². The predicted octanol–water partition coefficient (Wildman–Crippen LogP) is 2.94. The lowest BCUT2D eigenvalue weighted by molar-refractivity contribution is 0.272. The van der Waals surface area contributed by atoms with Crippen molar-refractivity contribution in [3.05, 3.63) is 0 Å². The number of nitriles is 1. The number of rotatable bonds is 4. The Hall–Kier alpha value is -0.200. The molecule has 0 aromatic rings. The maximum atomic E-state index is 9.12. The maximum absolute atomic E-state index is 9.12. The maximum Gasteiger partial charge on any atom is 0.0672 e. The van der Waals surface area contributed by atoms with E-state index in [1.54, 1.807) is 0 Å². The smallest absolute Gasteiger partial charge is 0.0672 e. The van der Waals surface area contributed by atoms with Crippen molar-refractivity contribution in [1.29, 1.82) is 5.26 Å². The minimum Gasteiger partial charge on any atom is -0.311 e. The molecule has 90 valence electrons. The molecule has 2 nitrogen and oxygen atoms in total. The van der Waals surface area contributed by atoms with Gasteiger partial charge < -0.3 is 5.32 Å². The molecule has 2 atom stereocenters. The Morgan fingerprint density at radius 3 is 2.62 bits per heavy atom. The first-order chi connectivity index (χ1) is 7.79. The van der Waals surface area contributed by atoms with Gasteiger partial charge in [0.1, 0.15) is 0 Å². The van der Waals surface area contributed by atoms with Crippen molar-refractivity contribution in [2.45, 2.75) is 55.7 Å². The Balaban J connectivity index is 1.82. The topological polar surface area (TPSA) is 35.8 Å². The van der Waals surface area contributed by atoms with Crippen LogP contribution in [-0.4, -0.2) is 23.6 Å². The van der Waals surface area contributed by atoms with E-state index in [0.717, 1.165) is 13.0 Å². The van der Waals surface area contributed by atoms with E-state index in [2.05, 4.69) is 17.6 Å². The number of hydrogen-bond acceptors (Lipinski definition) is 3. The second kappa shape index (κ2) is 5.42. The van der Waals surface area contributed by atoms with E-state index in [1.807, 2.05) is 11.8 Å². The van der Waals surface area contributed by atoms with Gasteiger partial charge in [0.05, 0.1) is 12.0 Å². The quantitative estimate of drug-likeness (QED) is 0.818. The molecule has 0 aromatic heterocycles. The summed E-state index contributed by atoms with van der Waals surface area (Å²) in [6.45, 7) is 1.11. The van der Waals surface area contributed by atoms with Gasteiger partial charge >= 0.3 is 0 Å². The number of nitrogens with one attached hydrogen (secondary N) is 1. The molecule has 0 saturated heterocycles. The molecule has 2 rings (SSSR count). The van der Waals surface area contributed by atoms with Crippen LogP contribution in [0.5, 0.6) is 0 Å². The largest absolute Gasteiger partial charge is 0.311 e. The van der Waals surface area contributed by atoms with Crippen LogP contribution in [0.15, 0.2) is 0 Å². The van der Waals surface area contributed by atoms with Crippen molar-refractivity contribution in [3.8, 4) is 6.07 Å². The Bertz CT molecular complexity index is 262. The predicted molar refractivity (Wildman–Crippen MR) is 69.5 cm³/mol. The van der Waals surface area contributed by atoms with Crippen molar-refractivity contribution in [3.63, 3.8) is 0 Å². The molecule has 0 aliphatic heterocycles. The molecular formula is C13H22N2S. The lowest BCUT2D eigenvalue weighted by atomic mass is 9.82. The molecule has 0 bridgehead atoms. The van der Waals surface area contributed by atoms with E-state index >= 15 is 0 Å². The Morgan fingerprint density at radius 1 is 1.31 bits per heavy atom. The van der Waals surface area contributed by atoms with Gasteiger partial charge in [-0.25, -0.2) is 0 Å². The van der Waals surface area contributed by atoms with Crippen LogP contribution < -0.4 is 5.32 Å². The zero-order valence-electron chi connectivity index (χ0n) is 10.2. The minimum atomic E-state index is 0.257. The summed E-state index contributed by atoms with van der Waals surface area (Å²) in [5, 5.41) is 12.8. The van der Waals surface area contributed by atoms with Gasteiger partial charge in [-0.3, -0.25) is 0 Å². The highest BCUT2D eigenvalue weighted by Crippen LogP contribution is 2.42. The molecule has 3 heteroatoms. The van der Waals surface area contributed by atoms with Crippen LogP contribution in [0, 0.1) is 17.2 Å². The van der Waals surface area contributed by atoms with Crippen molar-refractivity contribution in [2.75, 3.05) is 12.8 Å². The summed E-state index contributed by atoms with van der Waals surface area (Å²) in [6.07, 6.45) is 11.1. The molecule has 1 N–H and O–H groups in total. The lowest BCUT2D eigenvalue weighted by Crippen LogP contribution is -2.49. The zero-order valence-corrected chi connectivity index (χ0v) is 11.0. The van der Waals surface area contributed by atoms with Crippen LogP contribution in [0.4, 0.5) is 0 Å². The molecule has 2 fully saturated rings. The second-order valence-electron chi connectivity index (χ2n) is 5.25. The van der Waals surface area contributed by atoms with E-state index in [-0.39, 0.29) is 5.92 Å². The Labute approximate surface area is 103 Å². The van der Waals surface area contributed by atoms with Crippen LogP contribution in [0.25, 0.3) is 0 Å². The van der Waals surface area contributed by atoms with Gasteiger partial charge in [0.15, 0.2) is 0 Å². The molecule has 2 saturated carbocycles. The Kier molecular flexibility index (Phi) is 4.16. The molecule has 2 aliphatic carbocycles. The average molecular weight is 238 g/mol. The fourth-order valence-electron chi connectivity index (χ4n) is 2.87. The van der Waals surface area contributed by atoms with Gasteiger partial charge in [0.25, 0.3) is 0 Å². The molecule has 0 spiro atoms. The summed E-state index contributed by atoms with van der Waals surface area (Å²) in [4.78, 5) is 0. The fraction of sp³-hybridized carbons (Fsp3) is 0.923. The molecule has 0 aromatic carbocycles. The molecule has 2 unspecified atom stereocenters. The van der Waals surface area contributed by atoms with Crippen molar-refractivity contribution in [1.82, 2.24) is 5.32 Å². The van der Waals surface area contributed by atoms with Crippen LogP contribution in [-0.2, 0) is 0 Å². The van der Waals surface area contributed by atoms with Crippen molar-refractivity contribution in [2.24, 2.45) is 5.92 Å². The number of thioether (sulfide) groups is 1. The first-order valence-electron chi connectivity index (χ1n) is 6.48. The highest BCUT2D eigenvalue weighted by atomic mass is 32.2. The first kappa shape index (κ1) is 12.3. The summed E-state index contributed by atoms with van der Waals surface area (Å²) in [6, 6.07) is 2.94. The monoisotopic (exact) mass is 238 g/mol. The van der Waals surface area contributed by atoms with Crippen molar-refractivity contribution < 1.29 is 0 Å². The Morgan fingerprint density at radius 2 is 2.06 bits per heavy atom. The standard InChI is InChI=1S/C13H22N2S/c1-16-13(7-4-8-13)10-15-12-6-3-2-5-11(12)9-14/h11-12,15H,2-8,10H2,1H3. The lowest BCUT2D eigenvalue weighted by Gasteiger charge is -2.42. The van der Waals surface area contributed by atoms with Crippen LogP contribution in [0.1, 0.15) is 44.9 Å². The molecule has 2 aliphatic rings. The number of nitrogens with zero attached hydrogens (tertiary/aromatic N) is 1. The average Bonchev–Trinajstić information content (AvgIpc) is 2.29. The summed E-state index contributed by atoms with van der Waals surface area (Å²) >= 11 is 2.01. The molecular weight excluding hydrogens is 216 g/mol. The van der Waals surface area contributed by atoms with Crippen LogP contribution >= 0.6 is 11.8 Å². The van der Waals surface area contributed by atoms with Crippen LogP contribution in [0.2, 0.25) is 0 Å². The normalized spacial score (nSPS) is 32.8. The molecule has 0 heterocycles. The summed E-state index contributed by atoms with van der Waals surface area (Å²) in [5.41, 5.74) is 0. The third kappa shape index (κ3) is 2.55. The van der Waals surface area contributed by atoms with E-state index in [1.165, 1.54) is 38.5 Å². The van der Waals surface area contributed by atoms with Crippen LogP contribution in [0.3, 0.4) is 0 Å². The third-order valence-electron chi connectivity index (χ3n) is 4.32. The van der Waals surface area contributed by atoms with Gasteiger partial charge in [0, 0.05) is 17.3 Å².